The van der Waals surface area contributed by atoms with Crippen LogP contribution in [0.1, 0.15) is 18.2 Å². The Balaban J connectivity index is 1.68. The Kier molecular flexibility index (Phi) is 4.38. The predicted molar refractivity (Wildman–Crippen MR) is 84.8 cm³/mol. The van der Waals surface area contributed by atoms with Crippen LogP contribution in [0.25, 0.3) is 10.4 Å². The van der Waals surface area contributed by atoms with E-state index in [0.29, 0.717) is 11.5 Å². The minimum atomic E-state index is -0.229. The van der Waals surface area contributed by atoms with Crippen LogP contribution in [0, 0.1) is 11.7 Å². The first kappa shape index (κ1) is 14.7. The zero-order chi connectivity index (χ0) is 14.8. The van der Waals surface area contributed by atoms with E-state index in [1.54, 1.807) is 17.4 Å². The first-order valence-corrected chi connectivity index (χ1v) is 8.19. The van der Waals surface area contributed by atoms with Crippen LogP contribution in [0.4, 0.5) is 4.39 Å². The van der Waals surface area contributed by atoms with Crippen molar-refractivity contribution in [2.75, 3.05) is 13.1 Å². The second-order valence-corrected chi connectivity index (χ2v) is 6.94. The molecule has 1 aromatic heterocycles. The molecule has 4 heteroatoms. The zero-order valence-electron chi connectivity index (χ0n) is 12.1. The van der Waals surface area contributed by atoms with Crippen molar-refractivity contribution >= 4 is 11.3 Å². The Hall–Kier alpha value is -1.23. The van der Waals surface area contributed by atoms with E-state index in [1.807, 2.05) is 25.1 Å². The maximum atomic E-state index is 13.8. The van der Waals surface area contributed by atoms with E-state index in [-0.39, 0.29) is 11.9 Å². The standard InChI is InChI=1S/C17H20FNOS/c1-12(20)13-8-9-19(10-13)11-14-6-7-17(21-14)15-4-2-3-5-16(15)18/h2-7,12-13,20H,8-11H2,1H3. The molecule has 1 N–H and O–H groups in total. The molecule has 1 aromatic carbocycles. The summed E-state index contributed by atoms with van der Waals surface area (Å²) in [4.78, 5) is 4.60. The first-order chi connectivity index (χ1) is 10.1. The molecule has 2 heterocycles. The summed E-state index contributed by atoms with van der Waals surface area (Å²) in [6, 6.07) is 11.0. The van der Waals surface area contributed by atoms with Crippen molar-refractivity contribution in [2.24, 2.45) is 5.92 Å². The molecule has 2 nitrogen and oxygen atoms in total. The fourth-order valence-electron chi connectivity index (χ4n) is 2.89. The number of rotatable bonds is 4. The highest BCUT2D eigenvalue weighted by molar-refractivity contribution is 7.15. The Morgan fingerprint density at radius 2 is 2.14 bits per heavy atom. The van der Waals surface area contributed by atoms with Gasteiger partial charge in [-0.3, -0.25) is 4.90 Å². The number of thiophene rings is 1. The molecule has 0 aliphatic carbocycles. The Bertz CT molecular complexity index is 610. The molecule has 0 radical (unpaired) electrons. The summed E-state index contributed by atoms with van der Waals surface area (Å²) in [6.45, 7) is 4.74. The Morgan fingerprint density at radius 1 is 1.33 bits per heavy atom. The van der Waals surface area contributed by atoms with Crippen molar-refractivity contribution in [2.45, 2.75) is 26.0 Å². The van der Waals surface area contributed by atoms with Crippen molar-refractivity contribution in [3.05, 3.63) is 47.1 Å². The van der Waals surface area contributed by atoms with E-state index in [1.165, 1.54) is 10.9 Å². The van der Waals surface area contributed by atoms with Crippen LogP contribution >= 0.6 is 11.3 Å². The van der Waals surface area contributed by atoms with Crippen molar-refractivity contribution in [1.29, 1.82) is 0 Å². The lowest BCUT2D eigenvalue weighted by atomic mass is 10.0. The predicted octanol–water partition coefficient (Wildman–Crippen LogP) is 3.76. The van der Waals surface area contributed by atoms with Gasteiger partial charge in [-0.2, -0.15) is 0 Å². The monoisotopic (exact) mass is 305 g/mol. The average molecular weight is 305 g/mol. The number of hydrogen-bond acceptors (Lipinski definition) is 3. The molecule has 1 saturated heterocycles. The van der Waals surface area contributed by atoms with Crippen molar-refractivity contribution in [3.63, 3.8) is 0 Å². The second kappa shape index (κ2) is 6.26. The third kappa shape index (κ3) is 3.34. The molecule has 2 atom stereocenters. The van der Waals surface area contributed by atoms with Gasteiger partial charge >= 0.3 is 0 Å². The SMILES string of the molecule is CC(O)C1CCN(Cc2ccc(-c3ccccc3F)s2)C1. The number of halogens is 1. The summed E-state index contributed by atoms with van der Waals surface area (Å²) in [7, 11) is 0. The summed E-state index contributed by atoms with van der Waals surface area (Å²) in [5.41, 5.74) is 0.678. The van der Waals surface area contributed by atoms with E-state index in [2.05, 4.69) is 11.0 Å². The molecule has 1 aliphatic heterocycles. The largest absolute Gasteiger partial charge is 0.393 e. The smallest absolute Gasteiger partial charge is 0.131 e. The van der Waals surface area contributed by atoms with E-state index in [9.17, 15) is 9.50 Å². The molecule has 0 saturated carbocycles. The van der Waals surface area contributed by atoms with Gasteiger partial charge in [0.15, 0.2) is 0 Å². The fourth-order valence-corrected chi connectivity index (χ4v) is 3.97. The minimum Gasteiger partial charge on any atom is -0.393 e. The molecule has 3 rings (SSSR count). The highest BCUT2D eigenvalue weighted by Gasteiger charge is 2.26. The minimum absolute atomic E-state index is 0.166. The highest BCUT2D eigenvalue weighted by Crippen LogP contribution is 2.31. The molecule has 1 fully saturated rings. The summed E-state index contributed by atoms with van der Waals surface area (Å²) < 4.78 is 13.8. The van der Waals surface area contributed by atoms with Gasteiger partial charge in [-0.25, -0.2) is 4.39 Å². The first-order valence-electron chi connectivity index (χ1n) is 7.37. The summed E-state index contributed by atoms with van der Waals surface area (Å²) in [6.07, 6.45) is 0.829. The lowest BCUT2D eigenvalue weighted by molar-refractivity contribution is 0.127. The maximum Gasteiger partial charge on any atom is 0.131 e. The molecule has 0 spiro atoms. The van der Waals surface area contributed by atoms with E-state index >= 15 is 0 Å². The van der Waals surface area contributed by atoms with Crippen LogP contribution in [0.2, 0.25) is 0 Å². The topological polar surface area (TPSA) is 23.5 Å². The van der Waals surface area contributed by atoms with Gasteiger partial charge in [0.2, 0.25) is 0 Å². The molecular formula is C17H20FNOS. The molecule has 2 aromatic rings. The van der Waals surface area contributed by atoms with Gasteiger partial charge in [-0.05, 0) is 44.0 Å². The third-order valence-electron chi connectivity index (χ3n) is 4.17. The molecule has 0 bridgehead atoms. The molecule has 21 heavy (non-hydrogen) atoms. The van der Waals surface area contributed by atoms with Crippen molar-refractivity contribution in [3.8, 4) is 10.4 Å². The second-order valence-electron chi connectivity index (χ2n) is 5.77. The van der Waals surface area contributed by atoms with Crippen LogP contribution in [0.3, 0.4) is 0 Å². The van der Waals surface area contributed by atoms with Crippen LogP contribution in [-0.2, 0) is 6.54 Å². The molecule has 2 unspecified atom stereocenters. The lowest BCUT2D eigenvalue weighted by Gasteiger charge is -2.16. The molecule has 0 amide bonds. The number of likely N-dealkylation sites (tertiary alicyclic amines) is 1. The van der Waals surface area contributed by atoms with Gasteiger partial charge in [0.25, 0.3) is 0 Å². The number of nitrogens with zero attached hydrogens (tertiary/aromatic N) is 1. The summed E-state index contributed by atoms with van der Waals surface area (Å²) >= 11 is 1.65. The quantitative estimate of drug-likeness (QED) is 0.930. The van der Waals surface area contributed by atoms with Crippen LogP contribution < -0.4 is 0 Å². The number of aliphatic hydroxyl groups is 1. The van der Waals surface area contributed by atoms with Crippen LogP contribution in [-0.4, -0.2) is 29.2 Å². The van der Waals surface area contributed by atoms with Gasteiger partial charge < -0.3 is 5.11 Å². The van der Waals surface area contributed by atoms with Gasteiger partial charge in [0, 0.05) is 28.4 Å². The van der Waals surface area contributed by atoms with Crippen molar-refractivity contribution in [1.82, 2.24) is 4.90 Å². The van der Waals surface area contributed by atoms with Gasteiger partial charge in [0.05, 0.1) is 6.10 Å². The normalized spacial score (nSPS) is 20.8. The van der Waals surface area contributed by atoms with Gasteiger partial charge in [-0.15, -0.1) is 11.3 Å². The molecular weight excluding hydrogens is 285 g/mol. The maximum absolute atomic E-state index is 13.8. The summed E-state index contributed by atoms with van der Waals surface area (Å²) in [5.74, 6) is 0.220. The number of aliphatic hydroxyl groups excluding tert-OH is 1. The van der Waals surface area contributed by atoms with Gasteiger partial charge in [0.1, 0.15) is 5.82 Å². The molecule has 1 aliphatic rings. The van der Waals surface area contributed by atoms with E-state index in [4.69, 9.17) is 0 Å². The number of hydrogen-bond donors (Lipinski definition) is 1. The van der Waals surface area contributed by atoms with E-state index in [0.717, 1.165) is 30.9 Å². The van der Waals surface area contributed by atoms with E-state index < -0.39 is 0 Å². The van der Waals surface area contributed by atoms with Gasteiger partial charge in [-0.1, -0.05) is 18.2 Å². The Morgan fingerprint density at radius 3 is 2.86 bits per heavy atom. The Labute approximate surface area is 128 Å². The average Bonchev–Trinajstić information content (AvgIpc) is 3.09. The third-order valence-corrected chi connectivity index (χ3v) is 5.27. The highest BCUT2D eigenvalue weighted by atomic mass is 32.1. The zero-order valence-corrected chi connectivity index (χ0v) is 12.9. The lowest BCUT2D eigenvalue weighted by Crippen LogP contribution is -2.23. The number of benzene rings is 1. The fraction of sp³-hybridized carbons (Fsp3) is 0.412. The molecule has 112 valence electrons. The van der Waals surface area contributed by atoms with Crippen LogP contribution in [0.15, 0.2) is 36.4 Å². The summed E-state index contributed by atoms with van der Waals surface area (Å²) in [5, 5.41) is 9.65. The van der Waals surface area contributed by atoms with Crippen LogP contribution in [0.5, 0.6) is 0 Å². The van der Waals surface area contributed by atoms with Crippen molar-refractivity contribution < 1.29 is 9.50 Å².